The third kappa shape index (κ3) is 40.6. The average molecular weight is 1020 g/mol. The number of aliphatic hydroxyl groups excluding tert-OH is 3. The Hall–Kier alpha value is 0.490. The maximum atomic E-state index is 13.1. The van der Waals surface area contributed by atoms with E-state index in [2.05, 4.69) is 39.7 Å². The van der Waals surface area contributed by atoms with Gasteiger partial charge in [0.25, 0.3) is 0 Å². The van der Waals surface area contributed by atoms with Gasteiger partial charge in [-0.3, -0.25) is 13.9 Å². The summed E-state index contributed by atoms with van der Waals surface area (Å²) in [6.07, 6.45) is 34.2. The van der Waals surface area contributed by atoms with E-state index in [0.29, 0.717) is 12.8 Å². The molecule has 1 saturated heterocycles. The zero-order valence-electron chi connectivity index (χ0n) is 40.1. The molecule has 0 aromatic rings. The zero-order valence-corrected chi connectivity index (χ0v) is 41.8. The van der Waals surface area contributed by atoms with E-state index in [4.69, 9.17) is 14.0 Å². The third-order valence-electron chi connectivity index (χ3n) is 11.9. The second-order valence-corrected chi connectivity index (χ2v) is 20.1. The van der Waals surface area contributed by atoms with Crippen LogP contribution in [0.2, 0.25) is 0 Å². The molecule has 0 aromatic carbocycles. The number of ether oxygens (including phenoxy) is 2. The molecule has 7 atom stereocenters. The van der Waals surface area contributed by atoms with Crippen LogP contribution in [0.1, 0.15) is 219 Å². The molecule has 0 saturated carbocycles. The van der Waals surface area contributed by atoms with Gasteiger partial charge < -0.3 is 30.1 Å². The zero-order chi connectivity index (χ0) is 48.0. The predicted molar refractivity (Wildman–Crippen MR) is 270 cm³/mol. The SMILES string of the molecule is CCCCCCCC/C=C\CCCCCCCCCCCCCC(=O)N[C@@H](CO[C@@H]1O[C@H](COS(=O)(=O)O)[C@H](OS(=O)(=O)O)[C@H](O)[C@H]1O)[C@H](O)/C=C/CCCCCCCCCCCCC.[NaH].[NaH]. The second-order valence-electron chi connectivity index (χ2n) is 17.9. The van der Waals surface area contributed by atoms with E-state index in [1.807, 2.05) is 6.08 Å². The summed E-state index contributed by atoms with van der Waals surface area (Å²) in [5.41, 5.74) is 0. The Morgan fingerprint density at radius 1 is 0.597 bits per heavy atom. The molecule has 1 rings (SSSR count). The van der Waals surface area contributed by atoms with Crippen LogP contribution in [0.4, 0.5) is 0 Å². The fraction of sp³-hybridized carbons (Fsp3) is 0.896. The van der Waals surface area contributed by atoms with Crippen LogP contribution >= 0.6 is 0 Å². The number of rotatable bonds is 44. The van der Waals surface area contributed by atoms with Gasteiger partial charge in [0.15, 0.2) is 6.29 Å². The number of hydrogen-bond donors (Lipinski definition) is 6. The summed E-state index contributed by atoms with van der Waals surface area (Å²) in [6.45, 7) is 2.93. The maximum absolute atomic E-state index is 13.1. The molecule has 19 heteroatoms. The molecule has 1 heterocycles. The molecule has 388 valence electrons. The number of amides is 1. The molecule has 0 bridgehead atoms. The van der Waals surface area contributed by atoms with Crippen molar-refractivity contribution in [3.63, 3.8) is 0 Å². The quantitative estimate of drug-likeness (QED) is 0.0145. The van der Waals surface area contributed by atoms with Gasteiger partial charge in [0.2, 0.25) is 5.91 Å². The van der Waals surface area contributed by atoms with Crippen LogP contribution in [0.25, 0.3) is 0 Å². The van der Waals surface area contributed by atoms with Crippen LogP contribution in [0, 0.1) is 0 Å². The Morgan fingerprint density at radius 3 is 1.42 bits per heavy atom. The van der Waals surface area contributed by atoms with Crippen LogP contribution in [-0.4, -0.2) is 162 Å². The van der Waals surface area contributed by atoms with Gasteiger partial charge in [0.1, 0.15) is 24.4 Å². The Kier molecular flexibility index (Phi) is 46.9. The first-order valence-corrected chi connectivity index (χ1v) is 28.1. The Balaban J connectivity index is 0. The van der Waals surface area contributed by atoms with Crippen molar-refractivity contribution in [3.8, 4) is 0 Å². The summed E-state index contributed by atoms with van der Waals surface area (Å²) in [5, 5.41) is 35.3. The van der Waals surface area contributed by atoms with E-state index in [-0.39, 0.29) is 71.4 Å². The topological polar surface area (TPSA) is 235 Å². The summed E-state index contributed by atoms with van der Waals surface area (Å²) < 4.78 is 83.4. The van der Waals surface area contributed by atoms with Gasteiger partial charge in [-0.05, 0) is 44.9 Å². The first kappa shape index (κ1) is 69.6. The second kappa shape index (κ2) is 45.1. The fourth-order valence-electron chi connectivity index (χ4n) is 8.01. The van der Waals surface area contributed by atoms with Gasteiger partial charge >= 0.3 is 79.9 Å². The van der Waals surface area contributed by atoms with Crippen molar-refractivity contribution in [2.24, 2.45) is 0 Å². The first-order valence-electron chi connectivity index (χ1n) is 25.4. The van der Waals surface area contributed by atoms with Crippen molar-refractivity contribution in [2.45, 2.75) is 262 Å². The number of unbranched alkanes of at least 4 members (excludes halogenated alkanes) is 28. The van der Waals surface area contributed by atoms with E-state index < -0.39 is 76.9 Å². The van der Waals surface area contributed by atoms with E-state index in [0.717, 1.165) is 38.5 Å². The molecule has 1 amide bonds. The van der Waals surface area contributed by atoms with Crippen LogP contribution < -0.4 is 5.32 Å². The minimum absolute atomic E-state index is 0. The number of nitrogens with one attached hydrogen (secondary N) is 1. The molecule has 67 heavy (non-hydrogen) atoms. The Bertz CT molecular complexity index is 1440. The molecule has 0 aliphatic carbocycles. The van der Waals surface area contributed by atoms with Gasteiger partial charge in [-0.1, -0.05) is 192 Å². The molecular weight excluding hydrogens is 925 g/mol. The van der Waals surface area contributed by atoms with Crippen molar-refractivity contribution in [1.29, 1.82) is 0 Å². The molecule has 1 aliphatic rings. The van der Waals surface area contributed by atoms with Gasteiger partial charge in [0, 0.05) is 6.42 Å². The molecule has 0 aromatic heterocycles. The van der Waals surface area contributed by atoms with Crippen molar-refractivity contribution < 1.29 is 63.9 Å². The number of hydrogen-bond acceptors (Lipinski definition) is 12. The van der Waals surface area contributed by atoms with E-state index in [1.165, 1.54) is 148 Å². The molecule has 15 nitrogen and oxygen atoms in total. The molecule has 0 radical (unpaired) electrons. The normalized spacial score (nSPS) is 19.9. The number of aliphatic hydroxyl groups is 3. The molecule has 6 N–H and O–H groups in total. The number of allylic oxidation sites excluding steroid dienone is 3. The molecule has 1 aliphatic heterocycles. The minimum atomic E-state index is -5.24. The van der Waals surface area contributed by atoms with Gasteiger partial charge in [-0.2, -0.15) is 16.8 Å². The Labute approximate surface area is 451 Å². The molecule has 1 fully saturated rings. The number of carbonyl (C=O) groups is 1. The van der Waals surface area contributed by atoms with Gasteiger partial charge in [-0.15, -0.1) is 0 Å². The predicted octanol–water partition coefficient (Wildman–Crippen LogP) is 8.64. The van der Waals surface area contributed by atoms with Crippen LogP contribution in [-0.2, 0) is 43.4 Å². The van der Waals surface area contributed by atoms with E-state index in [9.17, 15) is 41.5 Å². The third-order valence-corrected chi connectivity index (χ3v) is 12.8. The summed E-state index contributed by atoms with van der Waals surface area (Å²) in [7, 11) is -10.3. The van der Waals surface area contributed by atoms with Crippen molar-refractivity contribution in [1.82, 2.24) is 5.32 Å². The standard InChI is InChI=1S/C48H91NO14S2.2Na.2H/c1-3-5-7-9-11-13-15-17-18-19-20-21-22-23-24-26-28-30-32-34-36-38-44(51)49-41(42(50)37-35-33-31-29-27-25-16-14-12-10-8-6-4-2)39-60-48-46(53)45(52)47(63-65(57,58)59)43(62-48)40-61-64(54,55)56;;;;/h17-18,35,37,41-43,45-48,50,52-53H,3-16,19-34,36,38-40H2,1-2H3,(H,49,51)(H,54,55,56)(H,57,58,59);;;;/b18-17-,37-35+;;;;/t41-,42+,43+,45+,46+,47-,48+;;;;/m0..../s1. The van der Waals surface area contributed by atoms with E-state index >= 15 is 0 Å². The van der Waals surface area contributed by atoms with Crippen LogP contribution in [0.5, 0.6) is 0 Å². The average Bonchev–Trinajstić information content (AvgIpc) is 3.25. The first-order chi connectivity index (χ1) is 31.2. The van der Waals surface area contributed by atoms with Crippen molar-refractivity contribution >= 4 is 85.8 Å². The fourth-order valence-corrected chi connectivity index (χ4v) is 8.83. The summed E-state index contributed by atoms with van der Waals surface area (Å²) in [6, 6.07) is -1.03. The van der Waals surface area contributed by atoms with Gasteiger partial charge in [-0.25, -0.2) is 8.37 Å². The summed E-state index contributed by atoms with van der Waals surface area (Å²) in [4.78, 5) is 13.1. The monoisotopic (exact) mass is 1020 g/mol. The molecular formula is C48H93NNa2O14S2. The van der Waals surface area contributed by atoms with E-state index in [1.54, 1.807) is 6.08 Å². The van der Waals surface area contributed by atoms with Crippen molar-refractivity contribution in [2.75, 3.05) is 13.2 Å². The molecule has 0 spiro atoms. The summed E-state index contributed by atoms with van der Waals surface area (Å²) >= 11 is 0. The number of carbonyl (C=O) groups excluding carboxylic acids is 1. The van der Waals surface area contributed by atoms with Crippen LogP contribution in [0.15, 0.2) is 24.3 Å². The van der Waals surface area contributed by atoms with Crippen LogP contribution in [0.3, 0.4) is 0 Å². The van der Waals surface area contributed by atoms with Gasteiger partial charge in [0.05, 0.1) is 25.4 Å². The Morgan fingerprint density at radius 2 is 1.00 bits per heavy atom. The summed E-state index contributed by atoms with van der Waals surface area (Å²) in [5.74, 6) is -0.323. The van der Waals surface area contributed by atoms with Crippen molar-refractivity contribution in [3.05, 3.63) is 24.3 Å². The molecule has 0 unspecified atom stereocenters.